The van der Waals surface area contributed by atoms with Gasteiger partial charge in [-0.15, -0.1) is 0 Å². The van der Waals surface area contributed by atoms with Crippen LogP contribution in [-0.2, 0) is 18.2 Å². The number of aliphatic hydroxyl groups is 1. The first kappa shape index (κ1) is 15.9. The van der Waals surface area contributed by atoms with E-state index in [9.17, 15) is 18.3 Å². The van der Waals surface area contributed by atoms with Gasteiger partial charge in [0.25, 0.3) is 0 Å². The molecule has 0 saturated carbocycles. The van der Waals surface area contributed by atoms with Crippen molar-refractivity contribution in [2.75, 3.05) is 0 Å². The minimum absolute atomic E-state index is 0.200. The summed E-state index contributed by atoms with van der Waals surface area (Å²) in [5.41, 5.74) is -1.14. The van der Waals surface area contributed by atoms with Gasteiger partial charge in [-0.2, -0.15) is 13.2 Å². The molecule has 1 N–H and O–H groups in total. The summed E-state index contributed by atoms with van der Waals surface area (Å²) in [6, 6.07) is 11.6. The lowest BCUT2D eigenvalue weighted by molar-refractivity contribution is -0.137. The van der Waals surface area contributed by atoms with Crippen molar-refractivity contribution in [2.45, 2.75) is 25.1 Å². The van der Waals surface area contributed by atoms with Gasteiger partial charge in [-0.25, -0.2) is 0 Å². The Bertz CT molecular complexity index is 618. The van der Waals surface area contributed by atoms with Gasteiger partial charge in [0.15, 0.2) is 0 Å². The Labute approximate surface area is 126 Å². The normalized spacial score (nSPS) is 14.8. The van der Waals surface area contributed by atoms with Crippen molar-refractivity contribution in [2.24, 2.45) is 0 Å². The first-order valence-electron chi connectivity index (χ1n) is 6.33. The van der Waals surface area contributed by atoms with E-state index < -0.39 is 17.3 Å². The van der Waals surface area contributed by atoms with Gasteiger partial charge >= 0.3 is 6.18 Å². The summed E-state index contributed by atoms with van der Waals surface area (Å²) >= 11 is 5.78. The fourth-order valence-corrected chi connectivity index (χ4v) is 2.26. The summed E-state index contributed by atoms with van der Waals surface area (Å²) < 4.78 is 38.2. The SMILES string of the molecule is CC(O)(Cc1ccc(Cl)cc1)c1cccc(C(F)(F)F)c1. The summed E-state index contributed by atoms with van der Waals surface area (Å²) in [5, 5.41) is 11.1. The van der Waals surface area contributed by atoms with E-state index in [0.29, 0.717) is 5.02 Å². The molecule has 21 heavy (non-hydrogen) atoms. The predicted octanol–water partition coefficient (Wildman–Crippen LogP) is 4.81. The summed E-state index contributed by atoms with van der Waals surface area (Å²) in [7, 11) is 0. The first-order chi connectivity index (χ1) is 9.68. The van der Waals surface area contributed by atoms with Crippen LogP contribution in [0.4, 0.5) is 13.2 Å². The molecule has 5 heteroatoms. The highest BCUT2D eigenvalue weighted by molar-refractivity contribution is 6.30. The fourth-order valence-electron chi connectivity index (χ4n) is 2.13. The molecule has 0 aromatic heterocycles. The van der Waals surface area contributed by atoms with Crippen molar-refractivity contribution >= 4 is 11.6 Å². The minimum Gasteiger partial charge on any atom is -0.385 e. The molecule has 0 saturated heterocycles. The molecule has 2 rings (SSSR count). The van der Waals surface area contributed by atoms with E-state index in [2.05, 4.69) is 0 Å². The van der Waals surface area contributed by atoms with E-state index in [-0.39, 0.29) is 12.0 Å². The highest BCUT2D eigenvalue weighted by Crippen LogP contribution is 2.33. The van der Waals surface area contributed by atoms with E-state index >= 15 is 0 Å². The monoisotopic (exact) mass is 314 g/mol. The highest BCUT2D eigenvalue weighted by Gasteiger charge is 2.32. The zero-order valence-corrected chi connectivity index (χ0v) is 12.0. The third-order valence-electron chi connectivity index (χ3n) is 3.27. The van der Waals surface area contributed by atoms with Crippen LogP contribution in [0.25, 0.3) is 0 Å². The molecule has 0 heterocycles. The first-order valence-corrected chi connectivity index (χ1v) is 6.71. The Morgan fingerprint density at radius 2 is 1.57 bits per heavy atom. The molecule has 0 amide bonds. The molecular formula is C16H14ClF3O. The molecule has 1 nitrogen and oxygen atoms in total. The molecule has 0 aliphatic heterocycles. The molecule has 0 aliphatic carbocycles. The van der Waals surface area contributed by atoms with Crippen LogP contribution in [-0.4, -0.2) is 5.11 Å². The van der Waals surface area contributed by atoms with Crippen molar-refractivity contribution < 1.29 is 18.3 Å². The number of hydrogen-bond donors (Lipinski definition) is 1. The van der Waals surface area contributed by atoms with E-state index in [1.54, 1.807) is 24.3 Å². The smallest absolute Gasteiger partial charge is 0.385 e. The van der Waals surface area contributed by atoms with Crippen molar-refractivity contribution in [1.29, 1.82) is 0 Å². The lowest BCUT2D eigenvalue weighted by atomic mass is 9.88. The Balaban J connectivity index is 2.28. The largest absolute Gasteiger partial charge is 0.416 e. The number of hydrogen-bond acceptors (Lipinski definition) is 1. The Morgan fingerprint density at radius 3 is 2.14 bits per heavy atom. The molecular weight excluding hydrogens is 301 g/mol. The average Bonchev–Trinajstić information content (AvgIpc) is 2.40. The summed E-state index contributed by atoms with van der Waals surface area (Å²) in [5.74, 6) is 0. The van der Waals surface area contributed by atoms with Crippen molar-refractivity contribution in [1.82, 2.24) is 0 Å². The number of benzene rings is 2. The summed E-state index contributed by atoms with van der Waals surface area (Å²) in [4.78, 5) is 0. The Morgan fingerprint density at radius 1 is 1.00 bits per heavy atom. The molecule has 2 aromatic rings. The van der Waals surface area contributed by atoms with Gasteiger partial charge < -0.3 is 5.11 Å². The number of alkyl halides is 3. The molecule has 0 bridgehead atoms. The van der Waals surface area contributed by atoms with E-state index in [1.807, 2.05) is 0 Å². The van der Waals surface area contributed by atoms with Crippen molar-refractivity contribution in [3.8, 4) is 0 Å². The predicted molar refractivity (Wildman–Crippen MR) is 76.2 cm³/mol. The average molecular weight is 315 g/mol. The van der Waals surface area contributed by atoms with Crippen LogP contribution in [0.2, 0.25) is 5.02 Å². The van der Waals surface area contributed by atoms with Crippen molar-refractivity contribution in [3.63, 3.8) is 0 Å². The van der Waals surface area contributed by atoms with Gasteiger partial charge in [-0.05, 0) is 42.3 Å². The highest BCUT2D eigenvalue weighted by atomic mass is 35.5. The van der Waals surface area contributed by atoms with Crippen LogP contribution < -0.4 is 0 Å². The summed E-state index contributed by atoms with van der Waals surface area (Å²) in [6.07, 6.45) is -4.22. The molecule has 0 aliphatic rings. The van der Waals surface area contributed by atoms with Crippen LogP contribution in [0.15, 0.2) is 48.5 Å². The molecule has 1 unspecified atom stereocenters. The quantitative estimate of drug-likeness (QED) is 0.862. The minimum atomic E-state index is -4.42. The van der Waals surface area contributed by atoms with Crippen LogP contribution in [0, 0.1) is 0 Å². The molecule has 0 radical (unpaired) electrons. The number of rotatable bonds is 3. The number of halogens is 4. The van der Waals surface area contributed by atoms with Crippen LogP contribution in [0.5, 0.6) is 0 Å². The van der Waals surface area contributed by atoms with E-state index in [4.69, 9.17) is 11.6 Å². The zero-order chi connectivity index (χ0) is 15.7. The third kappa shape index (κ3) is 3.99. The lowest BCUT2D eigenvalue weighted by Gasteiger charge is -2.25. The molecule has 0 spiro atoms. The second-order valence-corrected chi connectivity index (χ2v) is 5.59. The fraction of sp³-hybridized carbons (Fsp3) is 0.250. The van der Waals surface area contributed by atoms with Gasteiger partial charge in [-0.3, -0.25) is 0 Å². The second-order valence-electron chi connectivity index (χ2n) is 5.16. The second kappa shape index (κ2) is 5.70. The van der Waals surface area contributed by atoms with Crippen LogP contribution >= 0.6 is 11.6 Å². The standard InChI is InChI=1S/C16H14ClF3O/c1-15(21,10-11-5-7-14(17)8-6-11)12-3-2-4-13(9-12)16(18,19)20/h2-9,21H,10H2,1H3. The lowest BCUT2D eigenvalue weighted by Crippen LogP contribution is -2.25. The molecule has 0 fully saturated rings. The van der Waals surface area contributed by atoms with Crippen LogP contribution in [0.1, 0.15) is 23.6 Å². The van der Waals surface area contributed by atoms with E-state index in [1.165, 1.54) is 19.1 Å². The van der Waals surface area contributed by atoms with Crippen LogP contribution in [0.3, 0.4) is 0 Å². The zero-order valence-electron chi connectivity index (χ0n) is 11.3. The van der Waals surface area contributed by atoms with Crippen molar-refractivity contribution in [3.05, 3.63) is 70.2 Å². The Kier molecular flexibility index (Phi) is 4.30. The summed E-state index contributed by atoms with van der Waals surface area (Å²) in [6.45, 7) is 1.50. The topological polar surface area (TPSA) is 20.2 Å². The van der Waals surface area contributed by atoms with Gasteiger partial charge in [0.2, 0.25) is 0 Å². The van der Waals surface area contributed by atoms with Gasteiger partial charge in [0.05, 0.1) is 11.2 Å². The van der Waals surface area contributed by atoms with Gasteiger partial charge in [-0.1, -0.05) is 35.9 Å². The molecule has 1 atom stereocenters. The maximum absolute atomic E-state index is 12.7. The van der Waals surface area contributed by atoms with Gasteiger partial charge in [0, 0.05) is 11.4 Å². The maximum Gasteiger partial charge on any atom is 0.416 e. The Hall–Kier alpha value is -1.52. The third-order valence-corrected chi connectivity index (χ3v) is 3.53. The van der Waals surface area contributed by atoms with Gasteiger partial charge in [0.1, 0.15) is 0 Å². The van der Waals surface area contributed by atoms with E-state index in [0.717, 1.165) is 17.7 Å². The maximum atomic E-state index is 12.7. The molecule has 112 valence electrons. The molecule has 2 aromatic carbocycles.